The van der Waals surface area contributed by atoms with Crippen LogP contribution in [-0.2, 0) is 4.74 Å². The van der Waals surface area contributed by atoms with E-state index >= 15 is 0 Å². The van der Waals surface area contributed by atoms with E-state index in [9.17, 15) is 0 Å². The molecule has 0 spiro atoms. The fourth-order valence-electron chi connectivity index (χ4n) is 1.03. The molecule has 0 radical (unpaired) electrons. The van der Waals surface area contributed by atoms with Crippen molar-refractivity contribution >= 4 is 0 Å². The van der Waals surface area contributed by atoms with Gasteiger partial charge in [0.05, 0.1) is 19.3 Å². The average Bonchev–Trinajstić information content (AvgIpc) is 2.01. The topological polar surface area (TPSA) is 12.5 Å². The third-order valence-electron chi connectivity index (χ3n) is 2.14. The first kappa shape index (κ1) is 12.7. The SMILES string of the molecule is C=C(C)CCN(C)C1COC1.CC. The monoisotopic (exact) mass is 185 g/mol. The van der Waals surface area contributed by atoms with Gasteiger partial charge in [-0.05, 0) is 20.4 Å². The van der Waals surface area contributed by atoms with Crippen LogP contribution in [0.2, 0.25) is 0 Å². The van der Waals surface area contributed by atoms with Crippen LogP contribution in [0.4, 0.5) is 0 Å². The molecule has 2 nitrogen and oxygen atoms in total. The molecular formula is C11H23NO. The number of hydrogen-bond acceptors (Lipinski definition) is 2. The highest BCUT2D eigenvalue weighted by Gasteiger charge is 2.22. The Kier molecular flexibility index (Phi) is 6.92. The Morgan fingerprint density at radius 2 is 2.00 bits per heavy atom. The summed E-state index contributed by atoms with van der Waals surface area (Å²) in [6.45, 7) is 12.9. The van der Waals surface area contributed by atoms with Gasteiger partial charge in [-0.2, -0.15) is 0 Å². The van der Waals surface area contributed by atoms with Crippen molar-refractivity contribution < 1.29 is 4.74 Å². The van der Waals surface area contributed by atoms with E-state index in [2.05, 4.69) is 25.5 Å². The summed E-state index contributed by atoms with van der Waals surface area (Å²) in [7, 11) is 2.15. The van der Waals surface area contributed by atoms with Gasteiger partial charge in [0.2, 0.25) is 0 Å². The van der Waals surface area contributed by atoms with E-state index in [4.69, 9.17) is 4.74 Å². The smallest absolute Gasteiger partial charge is 0.0645 e. The van der Waals surface area contributed by atoms with Crippen molar-refractivity contribution in [2.75, 3.05) is 26.8 Å². The number of rotatable bonds is 4. The van der Waals surface area contributed by atoms with Crippen molar-refractivity contribution in [3.05, 3.63) is 12.2 Å². The predicted octanol–water partition coefficient (Wildman–Crippen LogP) is 2.31. The number of hydrogen-bond donors (Lipinski definition) is 0. The Morgan fingerprint density at radius 3 is 2.31 bits per heavy atom. The summed E-state index contributed by atoms with van der Waals surface area (Å²) in [6.07, 6.45) is 1.10. The second kappa shape index (κ2) is 7.10. The van der Waals surface area contributed by atoms with Crippen LogP contribution >= 0.6 is 0 Å². The molecule has 0 bridgehead atoms. The van der Waals surface area contributed by atoms with Crippen LogP contribution in [0.5, 0.6) is 0 Å². The third-order valence-corrected chi connectivity index (χ3v) is 2.14. The summed E-state index contributed by atoms with van der Waals surface area (Å²) in [4.78, 5) is 2.35. The zero-order valence-corrected chi connectivity index (χ0v) is 9.47. The lowest BCUT2D eigenvalue weighted by Gasteiger charge is -2.34. The van der Waals surface area contributed by atoms with Gasteiger partial charge in [0.25, 0.3) is 0 Å². The molecule has 0 aromatic heterocycles. The summed E-state index contributed by atoms with van der Waals surface area (Å²) < 4.78 is 5.10. The third kappa shape index (κ3) is 5.06. The molecule has 0 N–H and O–H groups in total. The lowest BCUT2D eigenvalue weighted by molar-refractivity contribution is -0.0555. The predicted molar refractivity (Wildman–Crippen MR) is 58.0 cm³/mol. The largest absolute Gasteiger partial charge is 0.378 e. The van der Waals surface area contributed by atoms with Crippen LogP contribution < -0.4 is 0 Å². The molecule has 0 saturated carbocycles. The Bertz CT molecular complexity index is 141. The van der Waals surface area contributed by atoms with Crippen molar-refractivity contribution in [2.24, 2.45) is 0 Å². The second-order valence-electron chi connectivity index (χ2n) is 3.38. The van der Waals surface area contributed by atoms with Gasteiger partial charge in [-0.3, -0.25) is 4.90 Å². The van der Waals surface area contributed by atoms with E-state index in [0.717, 1.165) is 26.2 Å². The van der Waals surface area contributed by atoms with Crippen LogP contribution in [0.25, 0.3) is 0 Å². The number of ether oxygens (including phenoxy) is 1. The fourth-order valence-corrected chi connectivity index (χ4v) is 1.03. The van der Waals surface area contributed by atoms with Crippen LogP contribution in [0.3, 0.4) is 0 Å². The standard InChI is InChI=1S/C9H17NO.C2H6/c1-8(2)4-5-10(3)9-6-11-7-9;1-2/h9H,1,4-7H2,2-3H3;1-2H3. The highest BCUT2D eigenvalue weighted by Crippen LogP contribution is 2.09. The van der Waals surface area contributed by atoms with Gasteiger partial charge in [-0.25, -0.2) is 0 Å². The molecule has 1 rings (SSSR count). The molecule has 1 aliphatic heterocycles. The minimum Gasteiger partial charge on any atom is -0.378 e. The average molecular weight is 185 g/mol. The van der Waals surface area contributed by atoms with Crippen LogP contribution in [0.15, 0.2) is 12.2 Å². The molecule has 78 valence electrons. The van der Waals surface area contributed by atoms with Crippen molar-refractivity contribution in [1.29, 1.82) is 0 Å². The van der Waals surface area contributed by atoms with Crippen molar-refractivity contribution in [1.82, 2.24) is 4.90 Å². The van der Waals surface area contributed by atoms with Crippen molar-refractivity contribution in [2.45, 2.75) is 33.2 Å². The molecule has 13 heavy (non-hydrogen) atoms. The molecule has 1 saturated heterocycles. The molecule has 0 amide bonds. The lowest BCUT2D eigenvalue weighted by Crippen LogP contribution is -2.47. The molecule has 2 heteroatoms. The van der Waals surface area contributed by atoms with Gasteiger partial charge < -0.3 is 4.74 Å². The second-order valence-corrected chi connectivity index (χ2v) is 3.38. The quantitative estimate of drug-likeness (QED) is 0.623. The van der Waals surface area contributed by atoms with E-state index in [0.29, 0.717) is 6.04 Å². The minimum absolute atomic E-state index is 0.661. The number of likely N-dealkylation sites (N-methyl/N-ethyl adjacent to an activating group) is 1. The minimum atomic E-state index is 0.661. The van der Waals surface area contributed by atoms with Gasteiger partial charge in [0.1, 0.15) is 0 Å². The highest BCUT2D eigenvalue weighted by molar-refractivity contribution is 4.89. The van der Waals surface area contributed by atoms with Gasteiger partial charge in [0, 0.05) is 6.54 Å². The van der Waals surface area contributed by atoms with Crippen LogP contribution in [-0.4, -0.2) is 37.7 Å². The van der Waals surface area contributed by atoms with E-state index in [1.807, 2.05) is 13.8 Å². The van der Waals surface area contributed by atoms with Crippen LogP contribution in [0, 0.1) is 0 Å². The zero-order chi connectivity index (χ0) is 10.3. The Hall–Kier alpha value is -0.340. The fraction of sp³-hybridized carbons (Fsp3) is 0.818. The summed E-state index contributed by atoms with van der Waals surface area (Å²) in [5, 5.41) is 0. The van der Waals surface area contributed by atoms with E-state index < -0.39 is 0 Å². The Balaban J connectivity index is 0.000000671. The molecule has 1 aliphatic rings. The van der Waals surface area contributed by atoms with E-state index in [1.165, 1.54) is 5.57 Å². The van der Waals surface area contributed by atoms with Crippen molar-refractivity contribution in [3.8, 4) is 0 Å². The molecule has 0 unspecified atom stereocenters. The van der Waals surface area contributed by atoms with Gasteiger partial charge in [-0.15, -0.1) is 6.58 Å². The normalized spacial score (nSPS) is 16.1. The Labute approximate surface area is 82.6 Å². The maximum absolute atomic E-state index is 5.10. The molecule has 0 aromatic carbocycles. The Morgan fingerprint density at radius 1 is 1.46 bits per heavy atom. The van der Waals surface area contributed by atoms with E-state index in [1.54, 1.807) is 0 Å². The first-order chi connectivity index (χ1) is 6.20. The first-order valence-corrected chi connectivity index (χ1v) is 5.12. The van der Waals surface area contributed by atoms with Crippen LogP contribution in [0.1, 0.15) is 27.2 Å². The summed E-state index contributed by atoms with van der Waals surface area (Å²) in [5.74, 6) is 0. The van der Waals surface area contributed by atoms with Gasteiger partial charge in [0.15, 0.2) is 0 Å². The molecule has 1 heterocycles. The molecule has 0 aliphatic carbocycles. The van der Waals surface area contributed by atoms with E-state index in [-0.39, 0.29) is 0 Å². The molecule has 0 aromatic rings. The summed E-state index contributed by atoms with van der Waals surface area (Å²) in [5.41, 5.74) is 1.26. The zero-order valence-electron chi connectivity index (χ0n) is 9.47. The molecular weight excluding hydrogens is 162 g/mol. The number of nitrogens with zero attached hydrogens (tertiary/aromatic N) is 1. The molecule has 0 atom stereocenters. The maximum Gasteiger partial charge on any atom is 0.0645 e. The highest BCUT2D eigenvalue weighted by atomic mass is 16.5. The summed E-state index contributed by atoms with van der Waals surface area (Å²) in [6, 6.07) is 0.661. The lowest BCUT2D eigenvalue weighted by atomic mass is 10.2. The summed E-state index contributed by atoms with van der Waals surface area (Å²) >= 11 is 0. The van der Waals surface area contributed by atoms with Crippen molar-refractivity contribution in [3.63, 3.8) is 0 Å². The molecule has 1 fully saturated rings. The van der Waals surface area contributed by atoms with Gasteiger partial charge >= 0.3 is 0 Å². The maximum atomic E-state index is 5.10. The first-order valence-electron chi connectivity index (χ1n) is 5.12. The van der Waals surface area contributed by atoms with Gasteiger partial charge in [-0.1, -0.05) is 19.4 Å².